The lowest BCUT2D eigenvalue weighted by Crippen LogP contribution is -2.09. The minimum absolute atomic E-state index is 0.574. The summed E-state index contributed by atoms with van der Waals surface area (Å²) in [6.07, 6.45) is 3.89. The van der Waals surface area contributed by atoms with Crippen LogP contribution < -0.4 is 10.3 Å². The topological polar surface area (TPSA) is 66.6 Å². The molecule has 0 saturated carbocycles. The maximum Gasteiger partial charge on any atom is 0.128 e. The molecular weight excluding hydrogens is 367 g/mol. The molecule has 1 atom stereocenters. The van der Waals surface area contributed by atoms with Crippen molar-refractivity contribution in [1.29, 1.82) is 0 Å². The summed E-state index contributed by atoms with van der Waals surface area (Å²) in [6.45, 7) is 2.54. The fourth-order valence-corrected chi connectivity index (χ4v) is 4.64. The van der Waals surface area contributed by atoms with Crippen molar-refractivity contribution in [3.05, 3.63) is 59.2 Å². The van der Waals surface area contributed by atoms with E-state index in [1.165, 1.54) is 33.5 Å². The first-order valence-corrected chi connectivity index (χ1v) is 10.0. The zero-order valence-corrected chi connectivity index (χ0v) is 16.6. The highest BCUT2D eigenvalue weighted by molar-refractivity contribution is 7.26. The minimum Gasteiger partial charge on any atom is -0.488 e. The second-order valence-electron chi connectivity index (χ2n) is 7.50. The predicted octanol–water partition coefficient (Wildman–Crippen LogP) is 3.93. The molecule has 1 aliphatic carbocycles. The molecule has 2 aromatic heterocycles. The van der Waals surface area contributed by atoms with E-state index < -0.39 is 0 Å². The number of hydrogen-bond donors (Lipinski definition) is 2. The molecule has 0 spiro atoms. The second kappa shape index (κ2) is 5.79. The number of hydrogen-bond acceptors (Lipinski definition) is 3. The van der Waals surface area contributed by atoms with Crippen molar-refractivity contribution in [2.24, 2.45) is 0 Å². The Morgan fingerprint density at radius 1 is 1.00 bits per heavy atom. The van der Waals surface area contributed by atoms with Gasteiger partial charge in [-0.1, -0.05) is 21.4 Å². The first kappa shape index (κ1) is 16.1. The number of imidazole rings is 2. The summed E-state index contributed by atoms with van der Waals surface area (Å²) >= 11 is 0. The Morgan fingerprint density at radius 3 is 2.79 bits per heavy atom. The van der Waals surface area contributed by atoms with Gasteiger partial charge in [0.2, 0.25) is 0 Å². The lowest BCUT2D eigenvalue weighted by molar-refractivity contribution is 0.302. The van der Waals surface area contributed by atoms with E-state index in [9.17, 15) is 0 Å². The van der Waals surface area contributed by atoms with Gasteiger partial charge < -0.3 is 14.7 Å². The van der Waals surface area contributed by atoms with E-state index in [2.05, 4.69) is 59.5 Å². The predicted molar refractivity (Wildman–Crippen MR) is 113 cm³/mol. The number of benzene rings is 2. The van der Waals surface area contributed by atoms with Gasteiger partial charge in [-0.25, -0.2) is 9.97 Å². The summed E-state index contributed by atoms with van der Waals surface area (Å²) in [4.78, 5) is 15.7. The Kier molecular flexibility index (Phi) is 3.33. The third-order valence-electron chi connectivity index (χ3n) is 5.69. The molecule has 1 aliphatic heterocycles. The molecule has 0 bridgehead atoms. The fourth-order valence-electron chi connectivity index (χ4n) is 4.34. The molecule has 0 fully saturated rings. The van der Waals surface area contributed by atoms with Gasteiger partial charge in [0.05, 0.1) is 17.6 Å². The van der Waals surface area contributed by atoms with Gasteiger partial charge in [0.1, 0.15) is 23.7 Å². The van der Waals surface area contributed by atoms with Gasteiger partial charge in [-0.3, -0.25) is 0 Å². The first-order chi connectivity index (χ1) is 13.7. The molecule has 0 amide bonds. The summed E-state index contributed by atoms with van der Waals surface area (Å²) in [6, 6.07) is 11.0. The van der Waals surface area contributed by atoms with Crippen molar-refractivity contribution >= 4 is 14.8 Å². The van der Waals surface area contributed by atoms with Crippen molar-refractivity contribution in [2.75, 3.05) is 0 Å². The zero-order valence-electron chi connectivity index (χ0n) is 15.5. The molecule has 2 N–H and O–H groups in total. The van der Waals surface area contributed by atoms with E-state index in [0.717, 1.165) is 46.9 Å². The zero-order chi connectivity index (χ0) is 18.8. The van der Waals surface area contributed by atoms with Gasteiger partial charge in [-0.15, -0.1) is 0 Å². The van der Waals surface area contributed by atoms with E-state index in [-0.39, 0.29) is 0 Å². The van der Waals surface area contributed by atoms with E-state index in [0.29, 0.717) is 6.61 Å². The van der Waals surface area contributed by atoms with Crippen LogP contribution in [0.25, 0.3) is 33.6 Å². The third kappa shape index (κ3) is 2.36. The van der Waals surface area contributed by atoms with Gasteiger partial charge in [0.25, 0.3) is 0 Å². The lowest BCUT2D eigenvalue weighted by Gasteiger charge is -2.25. The van der Waals surface area contributed by atoms with Crippen LogP contribution in [0.15, 0.2) is 36.5 Å². The van der Waals surface area contributed by atoms with Crippen molar-refractivity contribution in [3.8, 4) is 39.4 Å². The van der Waals surface area contributed by atoms with Crippen LogP contribution >= 0.6 is 9.24 Å². The maximum atomic E-state index is 6.16. The lowest BCUT2D eigenvalue weighted by atomic mass is 9.86. The average molecular weight is 386 g/mol. The average Bonchev–Trinajstić information content (AvgIpc) is 3.31. The number of aromatic amines is 2. The van der Waals surface area contributed by atoms with Crippen molar-refractivity contribution in [1.82, 2.24) is 19.9 Å². The van der Waals surface area contributed by atoms with Crippen LogP contribution in [0.2, 0.25) is 0 Å². The van der Waals surface area contributed by atoms with Crippen LogP contribution in [0.1, 0.15) is 22.6 Å². The molecule has 5 nitrogen and oxygen atoms in total. The Hall–Kier alpha value is -2.91. The molecule has 28 heavy (non-hydrogen) atoms. The molecular formula is C22H19N4OP. The van der Waals surface area contributed by atoms with E-state index in [1.54, 1.807) is 0 Å². The highest BCUT2D eigenvalue weighted by atomic mass is 31.0. The number of nitrogens with one attached hydrogen (secondary N) is 2. The van der Waals surface area contributed by atoms with E-state index >= 15 is 0 Å². The van der Waals surface area contributed by atoms with Gasteiger partial charge in [-0.2, -0.15) is 0 Å². The van der Waals surface area contributed by atoms with Gasteiger partial charge in [0.15, 0.2) is 0 Å². The summed E-state index contributed by atoms with van der Waals surface area (Å²) in [5.74, 6) is 1.87. The Balaban J connectivity index is 1.47. The summed E-state index contributed by atoms with van der Waals surface area (Å²) in [5, 5.41) is 0. The fraction of sp³-hybridized carbons (Fsp3) is 0.182. The highest BCUT2D eigenvalue weighted by Gasteiger charge is 2.25. The van der Waals surface area contributed by atoms with Crippen LogP contribution in [0.4, 0.5) is 0 Å². The number of ether oxygens (including phenoxy) is 1. The standard InChI is InChI=1S/C22H19N4OP/c1-11-23-9-19(24-11)13-2-4-15-14(6-13)10-27-20-8-16-12(7-17(15)20)3-5-18-21(16)26-22(28)25-18/h2,4,6-9H,3,5,10,28H2,1H3,(H,23,24)(H,25,26). The minimum atomic E-state index is 0.574. The molecule has 0 radical (unpaired) electrons. The number of nitrogens with zero attached hydrogens (tertiary/aromatic N) is 2. The second-order valence-corrected chi connectivity index (χ2v) is 8.04. The number of aromatic nitrogens is 4. The van der Waals surface area contributed by atoms with Crippen LogP contribution in [0.3, 0.4) is 0 Å². The number of aryl methyl sites for hydroxylation is 3. The number of H-pyrrole nitrogens is 2. The smallest absolute Gasteiger partial charge is 0.128 e. The summed E-state index contributed by atoms with van der Waals surface area (Å²) in [5.41, 5.74) is 11.5. The molecule has 6 heteroatoms. The highest BCUT2D eigenvalue weighted by Crippen LogP contribution is 2.44. The van der Waals surface area contributed by atoms with E-state index in [1.807, 2.05) is 13.1 Å². The summed E-state index contributed by atoms with van der Waals surface area (Å²) in [7, 11) is 2.66. The Bertz CT molecular complexity index is 1250. The van der Waals surface area contributed by atoms with Crippen LogP contribution in [-0.2, 0) is 19.4 Å². The molecule has 1 unspecified atom stereocenters. The molecule has 0 saturated heterocycles. The molecule has 2 aliphatic rings. The number of rotatable bonds is 1. The van der Waals surface area contributed by atoms with Crippen LogP contribution in [0.5, 0.6) is 5.75 Å². The quantitative estimate of drug-likeness (QED) is 0.487. The molecule has 2 aromatic carbocycles. The normalized spacial score (nSPS) is 13.9. The monoisotopic (exact) mass is 386 g/mol. The molecule has 3 heterocycles. The molecule has 138 valence electrons. The van der Waals surface area contributed by atoms with Crippen molar-refractivity contribution < 1.29 is 4.74 Å². The van der Waals surface area contributed by atoms with Crippen molar-refractivity contribution in [2.45, 2.75) is 26.4 Å². The Labute approximate surface area is 164 Å². The largest absolute Gasteiger partial charge is 0.488 e. The summed E-state index contributed by atoms with van der Waals surface area (Å²) < 4.78 is 6.16. The van der Waals surface area contributed by atoms with Gasteiger partial charge >= 0.3 is 0 Å². The third-order valence-corrected chi connectivity index (χ3v) is 5.97. The molecule has 6 rings (SSSR count). The van der Waals surface area contributed by atoms with Crippen LogP contribution in [-0.4, -0.2) is 19.9 Å². The SMILES string of the molecule is Cc1ncc(-c2ccc3c(c2)COc2cc4c(cc2-3)CCc2[nH]c(P)nc2-4)[nH]1. The maximum absolute atomic E-state index is 6.16. The van der Waals surface area contributed by atoms with Gasteiger partial charge in [-0.05, 0) is 60.2 Å². The van der Waals surface area contributed by atoms with Crippen LogP contribution in [0, 0.1) is 6.92 Å². The van der Waals surface area contributed by atoms with Crippen molar-refractivity contribution in [3.63, 3.8) is 0 Å². The van der Waals surface area contributed by atoms with Gasteiger partial charge in [0, 0.05) is 16.8 Å². The van der Waals surface area contributed by atoms with E-state index in [4.69, 9.17) is 4.74 Å². The number of fused-ring (bicyclic) bond motifs is 6. The molecule has 4 aromatic rings. The Morgan fingerprint density at radius 2 is 1.93 bits per heavy atom. The first-order valence-electron chi connectivity index (χ1n) is 9.45.